The minimum Gasteiger partial charge on any atom is -0.394 e. The molecule has 0 spiro atoms. The molecule has 1 aromatic rings. The monoisotopic (exact) mass is 202 g/mol. The maximum absolute atomic E-state index is 13.0. The van der Waals surface area contributed by atoms with E-state index < -0.39 is 11.6 Å². The van der Waals surface area contributed by atoms with E-state index in [2.05, 4.69) is 10.3 Å². The van der Waals surface area contributed by atoms with Crippen LogP contribution in [0.2, 0.25) is 0 Å². The summed E-state index contributed by atoms with van der Waals surface area (Å²) in [6.07, 6.45) is 1.56. The highest BCUT2D eigenvalue weighted by Crippen LogP contribution is 2.12. The fourth-order valence-corrected chi connectivity index (χ4v) is 0.991. The highest BCUT2D eigenvalue weighted by molar-refractivity contribution is 5.36. The van der Waals surface area contributed by atoms with Gasteiger partial charge < -0.3 is 10.4 Å². The summed E-state index contributed by atoms with van der Waals surface area (Å²) in [5.74, 6) is -1.51. The molecule has 5 heteroatoms. The van der Waals surface area contributed by atoms with Crippen LogP contribution in [0.15, 0.2) is 12.3 Å². The number of anilines is 1. The molecule has 0 fully saturated rings. The maximum atomic E-state index is 13.0. The van der Waals surface area contributed by atoms with Gasteiger partial charge in [0.15, 0.2) is 11.6 Å². The number of halogens is 2. The number of pyridine rings is 1. The van der Waals surface area contributed by atoms with E-state index in [1.165, 1.54) is 0 Å². The second kappa shape index (κ2) is 4.85. The SMILES string of the molecule is CCC(CO)Nc1ncc(F)cc1F. The minimum absolute atomic E-state index is 0.0349. The van der Waals surface area contributed by atoms with Gasteiger partial charge in [0.05, 0.1) is 18.8 Å². The summed E-state index contributed by atoms with van der Waals surface area (Å²) in [6.45, 7) is 1.73. The Kier molecular flexibility index (Phi) is 3.76. The third-order valence-electron chi connectivity index (χ3n) is 1.86. The smallest absolute Gasteiger partial charge is 0.168 e. The van der Waals surface area contributed by atoms with Crippen LogP contribution in [-0.4, -0.2) is 22.7 Å². The van der Waals surface area contributed by atoms with Crippen molar-refractivity contribution in [3.05, 3.63) is 23.9 Å². The van der Waals surface area contributed by atoms with Crippen molar-refractivity contribution in [2.45, 2.75) is 19.4 Å². The van der Waals surface area contributed by atoms with Crippen LogP contribution in [0.25, 0.3) is 0 Å². The summed E-state index contributed by atoms with van der Waals surface area (Å²) in [7, 11) is 0. The van der Waals surface area contributed by atoms with Gasteiger partial charge in [-0.2, -0.15) is 0 Å². The van der Waals surface area contributed by atoms with Gasteiger partial charge in [-0.25, -0.2) is 13.8 Å². The lowest BCUT2D eigenvalue weighted by Crippen LogP contribution is -2.23. The average molecular weight is 202 g/mol. The summed E-state index contributed by atoms with van der Waals surface area (Å²) < 4.78 is 25.5. The van der Waals surface area contributed by atoms with Gasteiger partial charge in [-0.05, 0) is 6.42 Å². The van der Waals surface area contributed by atoms with E-state index in [0.717, 1.165) is 12.3 Å². The number of aliphatic hydroxyl groups excluding tert-OH is 1. The van der Waals surface area contributed by atoms with Gasteiger partial charge in [-0.3, -0.25) is 0 Å². The Labute approximate surface area is 80.8 Å². The molecule has 0 aromatic carbocycles. The molecule has 0 aliphatic heterocycles. The van der Waals surface area contributed by atoms with E-state index in [4.69, 9.17) is 5.11 Å². The fraction of sp³-hybridized carbons (Fsp3) is 0.444. The molecule has 14 heavy (non-hydrogen) atoms. The van der Waals surface area contributed by atoms with Gasteiger partial charge in [0.2, 0.25) is 0 Å². The topological polar surface area (TPSA) is 45.1 Å². The van der Waals surface area contributed by atoms with Gasteiger partial charge in [-0.15, -0.1) is 0 Å². The highest BCUT2D eigenvalue weighted by Gasteiger charge is 2.09. The van der Waals surface area contributed by atoms with E-state index in [-0.39, 0.29) is 18.5 Å². The highest BCUT2D eigenvalue weighted by atomic mass is 19.1. The molecule has 0 saturated carbocycles. The van der Waals surface area contributed by atoms with Gasteiger partial charge in [0.1, 0.15) is 5.82 Å². The standard InChI is InChI=1S/C9H12F2N2O/c1-2-7(5-14)13-9-8(11)3-6(10)4-12-9/h3-4,7,14H,2,5H2,1H3,(H,12,13). The largest absolute Gasteiger partial charge is 0.394 e. The Morgan fingerprint density at radius 1 is 1.57 bits per heavy atom. The number of hydrogen-bond donors (Lipinski definition) is 2. The second-order valence-corrected chi connectivity index (χ2v) is 2.92. The van der Waals surface area contributed by atoms with Crippen molar-refractivity contribution >= 4 is 5.82 Å². The van der Waals surface area contributed by atoms with E-state index in [0.29, 0.717) is 6.42 Å². The Morgan fingerprint density at radius 2 is 2.29 bits per heavy atom. The van der Waals surface area contributed by atoms with Crippen molar-refractivity contribution in [1.29, 1.82) is 0 Å². The third kappa shape index (κ3) is 2.63. The zero-order chi connectivity index (χ0) is 10.6. The molecule has 1 rings (SSSR count). The molecule has 0 amide bonds. The van der Waals surface area contributed by atoms with Crippen LogP contribution in [0.5, 0.6) is 0 Å². The number of aliphatic hydroxyl groups is 1. The van der Waals surface area contributed by atoms with E-state index in [9.17, 15) is 8.78 Å². The molecule has 1 atom stereocenters. The van der Waals surface area contributed by atoms with Crippen molar-refractivity contribution in [2.75, 3.05) is 11.9 Å². The molecule has 0 aliphatic carbocycles. The molecule has 0 bridgehead atoms. The van der Waals surface area contributed by atoms with Crippen molar-refractivity contribution in [1.82, 2.24) is 4.98 Å². The number of aromatic nitrogens is 1. The van der Waals surface area contributed by atoms with Crippen LogP contribution < -0.4 is 5.32 Å². The lowest BCUT2D eigenvalue weighted by molar-refractivity contribution is 0.271. The molecule has 0 radical (unpaired) electrons. The average Bonchev–Trinajstić information content (AvgIpc) is 2.17. The van der Waals surface area contributed by atoms with Crippen LogP contribution in [0.1, 0.15) is 13.3 Å². The van der Waals surface area contributed by atoms with Gasteiger partial charge >= 0.3 is 0 Å². The normalized spacial score (nSPS) is 12.6. The minimum atomic E-state index is -0.753. The van der Waals surface area contributed by atoms with Crippen molar-refractivity contribution < 1.29 is 13.9 Å². The first kappa shape index (κ1) is 10.8. The molecule has 1 unspecified atom stereocenters. The van der Waals surface area contributed by atoms with Gasteiger partial charge in [0, 0.05) is 6.07 Å². The zero-order valence-electron chi connectivity index (χ0n) is 7.80. The number of hydrogen-bond acceptors (Lipinski definition) is 3. The maximum Gasteiger partial charge on any atom is 0.168 e. The number of nitrogens with zero attached hydrogens (tertiary/aromatic N) is 1. The quantitative estimate of drug-likeness (QED) is 0.778. The third-order valence-corrected chi connectivity index (χ3v) is 1.86. The predicted molar refractivity (Wildman–Crippen MR) is 48.9 cm³/mol. The summed E-state index contributed by atoms with van der Waals surface area (Å²) >= 11 is 0. The Hall–Kier alpha value is -1.23. The summed E-state index contributed by atoms with van der Waals surface area (Å²) in [5, 5.41) is 11.5. The first-order valence-electron chi connectivity index (χ1n) is 4.35. The molecular formula is C9H12F2N2O. The van der Waals surface area contributed by atoms with Crippen LogP contribution in [-0.2, 0) is 0 Å². The molecule has 2 N–H and O–H groups in total. The molecule has 1 aromatic heterocycles. The molecule has 3 nitrogen and oxygen atoms in total. The number of rotatable bonds is 4. The van der Waals surface area contributed by atoms with Gasteiger partial charge in [0.25, 0.3) is 0 Å². The summed E-state index contributed by atoms with van der Waals surface area (Å²) in [6, 6.07) is 0.488. The lowest BCUT2D eigenvalue weighted by Gasteiger charge is -2.14. The molecule has 0 saturated heterocycles. The van der Waals surface area contributed by atoms with Crippen molar-refractivity contribution in [3.8, 4) is 0 Å². The first-order valence-corrected chi connectivity index (χ1v) is 4.35. The first-order chi connectivity index (χ1) is 6.67. The van der Waals surface area contributed by atoms with Crippen molar-refractivity contribution in [3.63, 3.8) is 0 Å². The Bertz CT molecular complexity index is 303. The van der Waals surface area contributed by atoms with E-state index >= 15 is 0 Å². The predicted octanol–water partition coefficient (Wildman–Crippen LogP) is 1.54. The number of nitrogens with one attached hydrogen (secondary N) is 1. The van der Waals surface area contributed by atoms with E-state index in [1.54, 1.807) is 0 Å². The van der Waals surface area contributed by atoms with Crippen LogP contribution >= 0.6 is 0 Å². The van der Waals surface area contributed by atoms with E-state index in [1.807, 2.05) is 6.92 Å². The fourth-order valence-electron chi connectivity index (χ4n) is 0.991. The molecule has 78 valence electrons. The lowest BCUT2D eigenvalue weighted by atomic mass is 10.2. The molecule has 0 aliphatic rings. The second-order valence-electron chi connectivity index (χ2n) is 2.92. The summed E-state index contributed by atoms with van der Waals surface area (Å²) in [5.41, 5.74) is 0. The van der Waals surface area contributed by atoms with Crippen LogP contribution in [0.3, 0.4) is 0 Å². The molecule has 1 heterocycles. The van der Waals surface area contributed by atoms with Crippen LogP contribution in [0, 0.1) is 11.6 Å². The zero-order valence-corrected chi connectivity index (χ0v) is 7.80. The Balaban J connectivity index is 2.76. The Morgan fingerprint density at radius 3 is 2.79 bits per heavy atom. The van der Waals surface area contributed by atoms with Gasteiger partial charge in [-0.1, -0.05) is 6.92 Å². The summed E-state index contributed by atoms with van der Waals surface area (Å²) in [4.78, 5) is 3.54. The van der Waals surface area contributed by atoms with Crippen LogP contribution in [0.4, 0.5) is 14.6 Å². The molecular weight excluding hydrogens is 190 g/mol. The van der Waals surface area contributed by atoms with Crippen molar-refractivity contribution in [2.24, 2.45) is 0 Å².